The van der Waals surface area contributed by atoms with Gasteiger partial charge in [0.05, 0.1) is 17.5 Å². The fourth-order valence-corrected chi connectivity index (χ4v) is 1.17. The van der Waals surface area contributed by atoms with Crippen molar-refractivity contribution in [3.63, 3.8) is 0 Å². The van der Waals surface area contributed by atoms with E-state index in [0.717, 1.165) is 0 Å². The summed E-state index contributed by atoms with van der Waals surface area (Å²) in [7, 11) is 0. The predicted molar refractivity (Wildman–Crippen MR) is 66.0 cm³/mol. The number of amidine groups is 3. The van der Waals surface area contributed by atoms with E-state index in [1.54, 1.807) is 0 Å². The summed E-state index contributed by atoms with van der Waals surface area (Å²) in [4.78, 5) is 2.00. The van der Waals surface area contributed by atoms with E-state index in [0.29, 0.717) is 38.9 Å². The van der Waals surface area contributed by atoms with Crippen molar-refractivity contribution in [1.29, 1.82) is 16.2 Å². The number of hydrogen-bond acceptors (Lipinski definition) is 4. The quantitative estimate of drug-likeness (QED) is 0.227. The molecule has 0 saturated carbocycles. The summed E-state index contributed by atoms with van der Waals surface area (Å²) < 4.78 is 0. The Bertz CT molecular complexity index is 218. The minimum Gasteiger partial charge on any atom is -0.388 e. The Morgan fingerprint density at radius 3 is 1.12 bits per heavy atom. The first-order valence-corrected chi connectivity index (χ1v) is 5.13. The highest BCUT2D eigenvalue weighted by atomic mass is 15.1. The van der Waals surface area contributed by atoms with Crippen LogP contribution in [0.3, 0.4) is 0 Å². The van der Waals surface area contributed by atoms with Gasteiger partial charge in [0, 0.05) is 38.9 Å². The summed E-state index contributed by atoms with van der Waals surface area (Å²) >= 11 is 0. The lowest BCUT2D eigenvalue weighted by Crippen LogP contribution is -2.33. The molecule has 0 heterocycles. The molecule has 0 rings (SSSR count). The standard InChI is InChI=1S/C9H21N7/c10-7(11)1-4-16(5-2-8(12)13)6-3-9(14)15/h1-6H2,(H3,10,11)(H3,12,13)(H3,14,15). The van der Waals surface area contributed by atoms with Crippen molar-refractivity contribution in [3.8, 4) is 0 Å². The third-order valence-electron chi connectivity index (χ3n) is 2.09. The van der Waals surface area contributed by atoms with Gasteiger partial charge in [0.25, 0.3) is 0 Å². The second-order valence-corrected chi connectivity index (χ2v) is 3.67. The maximum Gasteiger partial charge on any atom is 0.0918 e. The largest absolute Gasteiger partial charge is 0.388 e. The van der Waals surface area contributed by atoms with Gasteiger partial charge in [-0.15, -0.1) is 0 Å². The summed E-state index contributed by atoms with van der Waals surface area (Å²) in [6, 6.07) is 0. The second-order valence-electron chi connectivity index (χ2n) is 3.67. The van der Waals surface area contributed by atoms with Gasteiger partial charge in [0.1, 0.15) is 0 Å². The molecule has 92 valence electrons. The van der Waals surface area contributed by atoms with Crippen molar-refractivity contribution >= 4 is 17.5 Å². The Morgan fingerprint density at radius 1 is 0.688 bits per heavy atom. The van der Waals surface area contributed by atoms with Crippen LogP contribution in [-0.4, -0.2) is 42.0 Å². The van der Waals surface area contributed by atoms with Crippen LogP contribution in [0.25, 0.3) is 0 Å². The van der Waals surface area contributed by atoms with Gasteiger partial charge >= 0.3 is 0 Å². The maximum atomic E-state index is 7.14. The van der Waals surface area contributed by atoms with E-state index >= 15 is 0 Å². The summed E-state index contributed by atoms with van der Waals surface area (Å²) in [6.07, 6.45) is 1.45. The van der Waals surface area contributed by atoms with Crippen molar-refractivity contribution in [2.45, 2.75) is 19.3 Å². The van der Waals surface area contributed by atoms with Gasteiger partial charge in [-0.05, 0) is 0 Å². The van der Waals surface area contributed by atoms with Crippen LogP contribution in [0.1, 0.15) is 19.3 Å². The Morgan fingerprint density at radius 2 is 0.938 bits per heavy atom. The van der Waals surface area contributed by atoms with Crippen LogP contribution < -0.4 is 17.2 Å². The van der Waals surface area contributed by atoms with Gasteiger partial charge < -0.3 is 22.1 Å². The van der Waals surface area contributed by atoms with Gasteiger partial charge in [-0.1, -0.05) is 0 Å². The highest BCUT2D eigenvalue weighted by Gasteiger charge is 2.06. The Labute approximate surface area is 95.5 Å². The zero-order chi connectivity index (χ0) is 12.6. The number of rotatable bonds is 9. The average molecular weight is 227 g/mol. The molecule has 0 fully saturated rings. The van der Waals surface area contributed by atoms with Crippen molar-refractivity contribution in [3.05, 3.63) is 0 Å². The molecule has 0 saturated heterocycles. The van der Waals surface area contributed by atoms with Gasteiger partial charge in [-0.25, -0.2) is 0 Å². The molecule has 0 bridgehead atoms. The first-order valence-electron chi connectivity index (χ1n) is 5.13. The molecule has 0 aliphatic heterocycles. The molecule has 0 aliphatic carbocycles. The highest BCUT2D eigenvalue weighted by molar-refractivity contribution is 5.78. The zero-order valence-electron chi connectivity index (χ0n) is 9.42. The number of nitrogens with one attached hydrogen (secondary N) is 3. The van der Waals surface area contributed by atoms with E-state index < -0.39 is 0 Å². The molecule has 0 unspecified atom stereocenters. The van der Waals surface area contributed by atoms with E-state index in [1.807, 2.05) is 4.90 Å². The lowest BCUT2D eigenvalue weighted by molar-refractivity contribution is 0.297. The minimum absolute atomic E-state index is 0.135. The Balaban J connectivity index is 3.98. The van der Waals surface area contributed by atoms with Crippen LogP contribution in [0, 0.1) is 16.2 Å². The summed E-state index contributed by atoms with van der Waals surface area (Å²) in [5, 5.41) is 21.4. The average Bonchev–Trinajstić information content (AvgIpc) is 2.15. The molecule has 16 heavy (non-hydrogen) atoms. The number of nitrogens with two attached hydrogens (primary N) is 3. The monoisotopic (exact) mass is 227 g/mol. The molecule has 0 atom stereocenters. The molecular weight excluding hydrogens is 206 g/mol. The van der Waals surface area contributed by atoms with Gasteiger partial charge in [0.2, 0.25) is 0 Å². The maximum absolute atomic E-state index is 7.14. The van der Waals surface area contributed by atoms with Crippen molar-refractivity contribution in [1.82, 2.24) is 4.90 Å². The molecule has 0 amide bonds. The molecular formula is C9H21N7. The van der Waals surface area contributed by atoms with E-state index in [-0.39, 0.29) is 17.5 Å². The van der Waals surface area contributed by atoms with E-state index in [9.17, 15) is 0 Å². The lowest BCUT2D eigenvalue weighted by atomic mass is 10.2. The van der Waals surface area contributed by atoms with Crippen LogP contribution in [0.15, 0.2) is 0 Å². The summed E-state index contributed by atoms with van der Waals surface area (Å²) in [5.41, 5.74) is 15.8. The van der Waals surface area contributed by atoms with Crippen LogP contribution in [0.5, 0.6) is 0 Å². The van der Waals surface area contributed by atoms with E-state index in [1.165, 1.54) is 0 Å². The van der Waals surface area contributed by atoms with Gasteiger partial charge in [-0.2, -0.15) is 0 Å². The molecule has 9 N–H and O–H groups in total. The summed E-state index contributed by atoms with van der Waals surface area (Å²) in [6.45, 7) is 1.90. The van der Waals surface area contributed by atoms with Crippen LogP contribution >= 0.6 is 0 Å². The van der Waals surface area contributed by atoms with Crippen molar-refractivity contribution < 1.29 is 0 Å². The smallest absolute Gasteiger partial charge is 0.0918 e. The lowest BCUT2D eigenvalue weighted by Gasteiger charge is -2.21. The first kappa shape index (κ1) is 14.4. The van der Waals surface area contributed by atoms with Crippen LogP contribution in [0.4, 0.5) is 0 Å². The second kappa shape index (κ2) is 7.63. The molecule has 0 aromatic carbocycles. The normalized spacial score (nSPS) is 10.3. The number of hydrogen-bond donors (Lipinski definition) is 6. The third kappa shape index (κ3) is 8.95. The van der Waals surface area contributed by atoms with Crippen molar-refractivity contribution in [2.24, 2.45) is 17.2 Å². The van der Waals surface area contributed by atoms with E-state index in [2.05, 4.69) is 0 Å². The molecule has 0 aromatic rings. The minimum atomic E-state index is 0.135. The topological polar surface area (TPSA) is 153 Å². The number of nitrogens with zero attached hydrogens (tertiary/aromatic N) is 1. The molecule has 7 nitrogen and oxygen atoms in total. The zero-order valence-corrected chi connectivity index (χ0v) is 9.42. The van der Waals surface area contributed by atoms with Crippen LogP contribution in [0.2, 0.25) is 0 Å². The summed E-state index contributed by atoms with van der Waals surface area (Å²) in [5.74, 6) is 0.405. The Hall–Kier alpha value is -1.63. The van der Waals surface area contributed by atoms with Gasteiger partial charge in [0.15, 0.2) is 0 Å². The molecule has 0 spiro atoms. The van der Waals surface area contributed by atoms with Gasteiger partial charge in [-0.3, -0.25) is 16.2 Å². The molecule has 0 aromatic heterocycles. The third-order valence-corrected chi connectivity index (χ3v) is 2.09. The Kier molecular flexibility index (Phi) is 6.86. The molecule has 0 aliphatic rings. The first-order chi connectivity index (χ1) is 7.41. The fourth-order valence-electron chi connectivity index (χ4n) is 1.17. The van der Waals surface area contributed by atoms with Crippen molar-refractivity contribution in [2.75, 3.05) is 19.6 Å². The highest BCUT2D eigenvalue weighted by Crippen LogP contribution is 1.96. The SMILES string of the molecule is N=C(N)CCN(CCC(=N)N)CCC(=N)N. The fraction of sp³-hybridized carbons (Fsp3) is 0.667. The van der Waals surface area contributed by atoms with Crippen LogP contribution in [-0.2, 0) is 0 Å². The van der Waals surface area contributed by atoms with E-state index in [4.69, 9.17) is 33.4 Å². The molecule has 0 radical (unpaired) electrons. The molecule has 7 heteroatoms. The predicted octanol–water partition coefficient (Wildman–Crippen LogP) is -0.733.